The van der Waals surface area contributed by atoms with Crippen LogP contribution in [0.5, 0.6) is 0 Å². The van der Waals surface area contributed by atoms with Crippen LogP contribution >= 0.6 is 12.2 Å². The number of alkyl halides is 3. The second kappa shape index (κ2) is 10.1. The highest BCUT2D eigenvalue weighted by molar-refractivity contribution is 7.80. The van der Waals surface area contributed by atoms with Gasteiger partial charge in [-0.05, 0) is 60.7 Å². The second-order valence-electron chi connectivity index (χ2n) is 6.79. The van der Waals surface area contributed by atoms with Crippen molar-refractivity contribution >= 4 is 46.2 Å². The average Bonchev–Trinajstić information content (AvgIpc) is 2.79. The van der Waals surface area contributed by atoms with E-state index in [2.05, 4.69) is 16.0 Å². The number of halogens is 3. The summed E-state index contributed by atoms with van der Waals surface area (Å²) in [7, 11) is 0. The van der Waals surface area contributed by atoms with E-state index in [1.165, 1.54) is 60.7 Å². The third-order valence-electron chi connectivity index (χ3n) is 4.43. The fraction of sp³-hybridized carbons (Fsp3) is 0.0455. The first-order valence-corrected chi connectivity index (χ1v) is 9.90. The molecule has 0 aliphatic carbocycles. The van der Waals surface area contributed by atoms with Gasteiger partial charge in [-0.2, -0.15) is 13.2 Å². The Morgan fingerprint density at radius 1 is 0.853 bits per heavy atom. The highest BCUT2D eigenvalue weighted by atomic mass is 32.1. The number of nitrogens with zero attached hydrogens (tertiary/aromatic N) is 1. The molecule has 0 radical (unpaired) electrons. The lowest BCUT2D eigenvalue weighted by molar-refractivity contribution is -0.385. The minimum Gasteiger partial charge on any atom is -0.332 e. The van der Waals surface area contributed by atoms with Gasteiger partial charge < -0.3 is 10.6 Å². The van der Waals surface area contributed by atoms with Crippen molar-refractivity contribution in [3.05, 3.63) is 99.6 Å². The predicted molar refractivity (Wildman–Crippen MR) is 123 cm³/mol. The zero-order chi connectivity index (χ0) is 24.9. The Morgan fingerprint density at radius 2 is 1.53 bits per heavy atom. The fourth-order valence-electron chi connectivity index (χ4n) is 2.84. The number of nitrogens with one attached hydrogen (secondary N) is 3. The number of benzene rings is 3. The van der Waals surface area contributed by atoms with E-state index in [1.807, 2.05) is 0 Å². The second-order valence-corrected chi connectivity index (χ2v) is 7.20. The molecule has 0 atom stereocenters. The lowest BCUT2D eigenvalue weighted by Gasteiger charge is -2.11. The van der Waals surface area contributed by atoms with Gasteiger partial charge in [0.05, 0.1) is 10.5 Å². The number of thiocarbonyl (C=S) groups is 1. The maximum Gasteiger partial charge on any atom is 0.416 e. The van der Waals surface area contributed by atoms with E-state index in [0.717, 1.165) is 12.1 Å². The first-order valence-electron chi connectivity index (χ1n) is 9.49. The Balaban J connectivity index is 1.61. The molecule has 0 spiro atoms. The fourth-order valence-corrected chi connectivity index (χ4v) is 3.05. The first-order chi connectivity index (χ1) is 16.0. The lowest BCUT2D eigenvalue weighted by atomic mass is 10.1. The number of hydrogen-bond acceptors (Lipinski definition) is 5. The van der Waals surface area contributed by atoms with Crippen LogP contribution in [-0.4, -0.2) is 21.9 Å². The number of anilines is 2. The van der Waals surface area contributed by atoms with Crippen LogP contribution in [0.2, 0.25) is 0 Å². The number of nitro benzene ring substituents is 1. The van der Waals surface area contributed by atoms with Crippen LogP contribution in [0.25, 0.3) is 0 Å². The van der Waals surface area contributed by atoms with E-state index in [9.17, 15) is 32.9 Å². The van der Waals surface area contributed by atoms with E-state index in [1.54, 1.807) is 0 Å². The quantitative estimate of drug-likeness (QED) is 0.265. The van der Waals surface area contributed by atoms with Gasteiger partial charge in [0, 0.05) is 23.0 Å². The molecule has 2 amide bonds. The number of para-hydroxylation sites is 1. The van der Waals surface area contributed by atoms with E-state index >= 15 is 0 Å². The molecule has 0 fully saturated rings. The molecule has 0 saturated heterocycles. The van der Waals surface area contributed by atoms with E-state index in [-0.39, 0.29) is 27.6 Å². The average molecular weight is 488 g/mol. The molecule has 174 valence electrons. The Hall–Kier alpha value is -4.32. The van der Waals surface area contributed by atoms with Crippen LogP contribution in [0.1, 0.15) is 26.3 Å². The molecule has 0 unspecified atom stereocenters. The van der Waals surface area contributed by atoms with Gasteiger partial charge in [0.1, 0.15) is 5.56 Å². The standard InChI is InChI=1S/C22H15F3N4O4S/c23-22(24,25)14-4-3-5-16(12-14)26-19(30)13-8-10-15(11-9-13)27-21(34)28-20(31)17-6-1-2-7-18(17)29(32)33/h1-12H,(H,26,30)(H2,27,28,31,34). The number of rotatable bonds is 5. The molecule has 0 heterocycles. The summed E-state index contributed by atoms with van der Waals surface area (Å²) >= 11 is 5.05. The van der Waals surface area contributed by atoms with Crippen LogP contribution < -0.4 is 16.0 Å². The van der Waals surface area contributed by atoms with Crippen molar-refractivity contribution in [2.45, 2.75) is 6.18 Å². The van der Waals surface area contributed by atoms with Crippen LogP contribution in [0.4, 0.5) is 30.2 Å². The smallest absolute Gasteiger partial charge is 0.332 e. The number of nitro groups is 1. The van der Waals surface area contributed by atoms with Gasteiger partial charge in [0.25, 0.3) is 17.5 Å². The lowest BCUT2D eigenvalue weighted by Crippen LogP contribution is -2.34. The topological polar surface area (TPSA) is 113 Å². The molecule has 0 aliphatic rings. The van der Waals surface area contributed by atoms with E-state index < -0.39 is 28.5 Å². The SMILES string of the molecule is O=C(Nc1cccc(C(F)(F)F)c1)c1ccc(NC(=S)NC(=O)c2ccccc2[N+](=O)[O-])cc1. The maximum absolute atomic E-state index is 12.8. The molecule has 3 N–H and O–H groups in total. The van der Waals surface area contributed by atoms with Gasteiger partial charge in [-0.25, -0.2) is 0 Å². The summed E-state index contributed by atoms with van der Waals surface area (Å²) in [6, 6.07) is 15.3. The Morgan fingerprint density at radius 3 is 2.18 bits per heavy atom. The monoisotopic (exact) mass is 488 g/mol. The van der Waals surface area contributed by atoms with Crippen molar-refractivity contribution in [1.29, 1.82) is 0 Å². The zero-order valence-electron chi connectivity index (χ0n) is 17.1. The van der Waals surface area contributed by atoms with Crippen LogP contribution in [-0.2, 0) is 6.18 Å². The normalized spacial score (nSPS) is 10.8. The molecule has 3 aromatic carbocycles. The van der Waals surface area contributed by atoms with Crippen molar-refractivity contribution in [2.24, 2.45) is 0 Å². The largest absolute Gasteiger partial charge is 0.416 e. The Bertz CT molecular complexity index is 1260. The zero-order valence-corrected chi connectivity index (χ0v) is 17.9. The summed E-state index contributed by atoms with van der Waals surface area (Å²) in [5, 5.41) is 18.4. The molecule has 3 aromatic rings. The van der Waals surface area contributed by atoms with Gasteiger partial charge in [-0.3, -0.25) is 25.0 Å². The predicted octanol–water partition coefficient (Wildman–Crippen LogP) is 4.99. The third-order valence-corrected chi connectivity index (χ3v) is 4.63. The molecule has 0 bridgehead atoms. The highest BCUT2D eigenvalue weighted by Gasteiger charge is 2.30. The first kappa shape index (κ1) is 24.3. The Labute approximate surface area is 195 Å². The third kappa shape index (κ3) is 6.13. The van der Waals surface area contributed by atoms with Gasteiger partial charge in [0.2, 0.25) is 0 Å². The minimum absolute atomic E-state index is 0.0130. The molecule has 12 heteroatoms. The van der Waals surface area contributed by atoms with Gasteiger partial charge in [0.15, 0.2) is 5.11 Å². The van der Waals surface area contributed by atoms with E-state index in [4.69, 9.17) is 12.2 Å². The van der Waals surface area contributed by atoms with Crippen LogP contribution in [0.3, 0.4) is 0 Å². The van der Waals surface area contributed by atoms with Crippen molar-refractivity contribution < 1.29 is 27.7 Å². The van der Waals surface area contributed by atoms with Crippen molar-refractivity contribution in [1.82, 2.24) is 5.32 Å². The van der Waals surface area contributed by atoms with Crippen molar-refractivity contribution in [3.63, 3.8) is 0 Å². The van der Waals surface area contributed by atoms with E-state index in [0.29, 0.717) is 5.69 Å². The molecule has 0 aromatic heterocycles. The number of carbonyl (C=O) groups excluding carboxylic acids is 2. The van der Waals surface area contributed by atoms with Crippen molar-refractivity contribution in [2.75, 3.05) is 10.6 Å². The summed E-state index contributed by atoms with van der Waals surface area (Å²) in [5.74, 6) is -1.40. The molecule has 0 aliphatic heterocycles. The highest BCUT2D eigenvalue weighted by Crippen LogP contribution is 2.30. The summed E-state index contributed by atoms with van der Waals surface area (Å²) < 4.78 is 38.5. The van der Waals surface area contributed by atoms with Gasteiger partial charge in [-0.15, -0.1) is 0 Å². The molecule has 3 rings (SSSR count). The van der Waals surface area contributed by atoms with Crippen molar-refractivity contribution in [3.8, 4) is 0 Å². The maximum atomic E-state index is 12.8. The number of hydrogen-bond donors (Lipinski definition) is 3. The van der Waals surface area contributed by atoms with Crippen LogP contribution in [0, 0.1) is 10.1 Å². The summed E-state index contributed by atoms with van der Waals surface area (Å²) in [4.78, 5) is 35.0. The molecular formula is C22H15F3N4O4S. The Kier molecular flexibility index (Phi) is 7.21. The summed E-state index contributed by atoms with van der Waals surface area (Å²) in [6.07, 6.45) is -4.53. The summed E-state index contributed by atoms with van der Waals surface area (Å²) in [5.41, 5.74) is -0.888. The number of carbonyl (C=O) groups is 2. The molecule has 8 nitrogen and oxygen atoms in total. The number of amides is 2. The molecule has 0 saturated carbocycles. The molecular weight excluding hydrogens is 473 g/mol. The molecule has 34 heavy (non-hydrogen) atoms. The summed E-state index contributed by atoms with van der Waals surface area (Å²) in [6.45, 7) is 0. The van der Waals surface area contributed by atoms with Gasteiger partial charge in [-0.1, -0.05) is 18.2 Å². The minimum atomic E-state index is -4.53. The van der Waals surface area contributed by atoms with Gasteiger partial charge >= 0.3 is 6.18 Å². The van der Waals surface area contributed by atoms with Crippen LogP contribution in [0.15, 0.2) is 72.8 Å².